The van der Waals surface area contributed by atoms with Gasteiger partial charge >= 0.3 is 6.09 Å². The van der Waals surface area contributed by atoms with E-state index in [-0.39, 0.29) is 12.1 Å². The summed E-state index contributed by atoms with van der Waals surface area (Å²) in [6.07, 6.45) is 0.683. The molecule has 0 spiro atoms. The molecule has 1 amide bonds. The molecule has 1 atom stereocenters. The predicted octanol–water partition coefficient (Wildman–Crippen LogP) is 4.27. The van der Waals surface area contributed by atoms with Crippen molar-refractivity contribution in [1.82, 2.24) is 0 Å². The molecule has 1 aliphatic heterocycles. The Bertz CT molecular complexity index is 506. The molecule has 4 heteroatoms. The van der Waals surface area contributed by atoms with Crippen LogP contribution in [-0.4, -0.2) is 24.3 Å². The zero-order chi connectivity index (χ0) is 15.6. The van der Waals surface area contributed by atoms with Crippen LogP contribution in [0.3, 0.4) is 0 Å². The summed E-state index contributed by atoms with van der Waals surface area (Å²) < 4.78 is 5.61. The van der Waals surface area contributed by atoms with Crippen LogP contribution in [0.1, 0.15) is 41.0 Å². The van der Waals surface area contributed by atoms with Crippen LogP contribution in [0.2, 0.25) is 0 Å². The summed E-state index contributed by atoms with van der Waals surface area (Å²) in [5.41, 5.74) is 1.41. The zero-order valence-corrected chi connectivity index (χ0v) is 13.6. The Morgan fingerprint density at radius 1 is 1.38 bits per heavy atom. The van der Waals surface area contributed by atoms with Gasteiger partial charge in [-0.3, -0.25) is 4.90 Å². The van der Waals surface area contributed by atoms with Crippen LogP contribution in [-0.2, 0) is 4.74 Å². The molecule has 1 aromatic rings. The van der Waals surface area contributed by atoms with Gasteiger partial charge in [0.2, 0.25) is 0 Å². The van der Waals surface area contributed by atoms with E-state index < -0.39 is 5.60 Å². The van der Waals surface area contributed by atoms with Gasteiger partial charge < -0.3 is 10.1 Å². The minimum absolute atomic E-state index is 0.120. The summed E-state index contributed by atoms with van der Waals surface area (Å²) in [5, 5.41) is 3.42. The lowest BCUT2D eigenvalue weighted by atomic mass is 9.99. The Labute approximate surface area is 127 Å². The number of nitrogens with zero attached hydrogens (tertiary/aromatic N) is 1. The molecule has 2 rings (SSSR count). The number of anilines is 2. The van der Waals surface area contributed by atoms with E-state index in [1.807, 2.05) is 49.9 Å². The second kappa shape index (κ2) is 5.96. The number of hydrogen-bond donors (Lipinski definition) is 1. The van der Waals surface area contributed by atoms with Crippen LogP contribution in [0, 0.1) is 5.92 Å². The van der Waals surface area contributed by atoms with Gasteiger partial charge in [0.05, 0.1) is 17.4 Å². The number of carbonyl (C=O) groups is 1. The van der Waals surface area contributed by atoms with E-state index in [0.29, 0.717) is 5.92 Å². The van der Waals surface area contributed by atoms with E-state index in [1.54, 1.807) is 0 Å². The van der Waals surface area contributed by atoms with Crippen molar-refractivity contribution in [3.8, 4) is 0 Å². The molecule has 116 valence electrons. The Balaban J connectivity index is 2.32. The first-order valence-electron chi connectivity index (χ1n) is 7.63. The lowest BCUT2D eigenvalue weighted by Gasteiger charge is -2.39. The maximum Gasteiger partial charge on any atom is 0.415 e. The summed E-state index contributed by atoms with van der Waals surface area (Å²) in [6, 6.07) is 8.02. The number of fused-ring (bicyclic) bond motifs is 1. The average Bonchev–Trinajstić information content (AvgIpc) is 2.35. The third-order valence-corrected chi connectivity index (χ3v) is 3.39. The minimum Gasteiger partial charge on any atom is -0.443 e. The van der Waals surface area contributed by atoms with Crippen molar-refractivity contribution >= 4 is 17.5 Å². The van der Waals surface area contributed by atoms with Crippen molar-refractivity contribution in [1.29, 1.82) is 0 Å². The number of nitrogens with one attached hydrogen (secondary N) is 1. The molecule has 1 unspecified atom stereocenters. The molecule has 1 N–H and O–H groups in total. The van der Waals surface area contributed by atoms with Crippen molar-refractivity contribution in [3.05, 3.63) is 24.3 Å². The summed E-state index contributed by atoms with van der Waals surface area (Å²) >= 11 is 0. The van der Waals surface area contributed by atoms with Crippen molar-refractivity contribution in [2.75, 3.05) is 16.8 Å². The molecular weight excluding hydrogens is 264 g/mol. The van der Waals surface area contributed by atoms with Gasteiger partial charge in [0.25, 0.3) is 0 Å². The maximum absolute atomic E-state index is 12.6. The van der Waals surface area contributed by atoms with Gasteiger partial charge in [0, 0.05) is 6.54 Å². The molecule has 0 saturated heterocycles. The van der Waals surface area contributed by atoms with Gasteiger partial charge in [-0.1, -0.05) is 26.0 Å². The number of carbonyl (C=O) groups excluding carboxylic acids is 1. The van der Waals surface area contributed by atoms with E-state index in [9.17, 15) is 4.79 Å². The summed E-state index contributed by atoms with van der Waals surface area (Å²) in [4.78, 5) is 14.5. The van der Waals surface area contributed by atoms with Crippen LogP contribution in [0.15, 0.2) is 24.3 Å². The van der Waals surface area contributed by atoms with Crippen LogP contribution in [0.4, 0.5) is 16.2 Å². The maximum atomic E-state index is 12.6. The van der Waals surface area contributed by atoms with Crippen LogP contribution >= 0.6 is 0 Å². The second-order valence-electron chi connectivity index (χ2n) is 7.03. The Kier molecular flexibility index (Phi) is 4.45. The molecule has 0 fully saturated rings. The van der Waals surface area contributed by atoms with Crippen molar-refractivity contribution in [2.45, 2.75) is 52.7 Å². The standard InChI is InChI=1S/C17H26N2O2/c1-12(2)10-13-11-18-14-8-6-7-9-15(14)19(13)16(20)21-17(3,4)5/h6-9,12-13,18H,10-11H2,1-5H3. The number of amides is 1. The van der Waals surface area contributed by atoms with Gasteiger partial charge in [-0.05, 0) is 45.2 Å². The van der Waals surface area contributed by atoms with Gasteiger partial charge in [0.15, 0.2) is 0 Å². The fourth-order valence-electron chi connectivity index (χ4n) is 2.64. The number of benzene rings is 1. The highest BCUT2D eigenvalue weighted by molar-refractivity contribution is 5.94. The molecule has 0 saturated carbocycles. The molecular formula is C17H26N2O2. The van der Waals surface area contributed by atoms with Crippen molar-refractivity contribution in [2.24, 2.45) is 5.92 Å². The quantitative estimate of drug-likeness (QED) is 0.884. The molecule has 1 aliphatic rings. The zero-order valence-electron chi connectivity index (χ0n) is 13.6. The van der Waals surface area contributed by atoms with Gasteiger partial charge in [-0.15, -0.1) is 0 Å². The second-order valence-corrected chi connectivity index (χ2v) is 7.03. The first-order chi connectivity index (χ1) is 9.78. The van der Waals surface area contributed by atoms with Crippen LogP contribution in [0.5, 0.6) is 0 Å². The van der Waals surface area contributed by atoms with E-state index in [4.69, 9.17) is 4.74 Å². The molecule has 0 aliphatic carbocycles. The number of rotatable bonds is 2. The van der Waals surface area contributed by atoms with E-state index in [1.165, 1.54) is 0 Å². The number of para-hydroxylation sites is 2. The third-order valence-electron chi connectivity index (χ3n) is 3.39. The molecule has 0 aromatic heterocycles. The van der Waals surface area contributed by atoms with E-state index >= 15 is 0 Å². The first kappa shape index (κ1) is 15.7. The average molecular weight is 290 g/mol. The highest BCUT2D eigenvalue weighted by Gasteiger charge is 2.34. The molecule has 1 aromatic carbocycles. The predicted molar refractivity (Wildman–Crippen MR) is 86.9 cm³/mol. The third kappa shape index (κ3) is 3.90. The monoisotopic (exact) mass is 290 g/mol. The topological polar surface area (TPSA) is 41.6 Å². The van der Waals surface area contributed by atoms with Crippen molar-refractivity contribution < 1.29 is 9.53 Å². The Hall–Kier alpha value is -1.71. The molecule has 1 heterocycles. The number of ether oxygens (including phenoxy) is 1. The Morgan fingerprint density at radius 3 is 2.67 bits per heavy atom. The summed E-state index contributed by atoms with van der Waals surface area (Å²) in [5.74, 6) is 0.520. The lowest BCUT2D eigenvalue weighted by Crippen LogP contribution is -2.50. The van der Waals surface area contributed by atoms with Gasteiger partial charge in [0.1, 0.15) is 5.60 Å². The number of hydrogen-bond acceptors (Lipinski definition) is 3. The minimum atomic E-state index is -0.487. The summed E-state index contributed by atoms with van der Waals surface area (Å²) in [7, 11) is 0. The largest absolute Gasteiger partial charge is 0.443 e. The fraction of sp³-hybridized carbons (Fsp3) is 0.588. The highest BCUT2D eigenvalue weighted by atomic mass is 16.6. The van der Waals surface area contributed by atoms with Crippen LogP contribution in [0.25, 0.3) is 0 Å². The Morgan fingerprint density at radius 2 is 2.05 bits per heavy atom. The van der Waals surface area contributed by atoms with Crippen LogP contribution < -0.4 is 10.2 Å². The van der Waals surface area contributed by atoms with E-state index in [0.717, 1.165) is 24.3 Å². The molecule has 0 bridgehead atoms. The molecule has 21 heavy (non-hydrogen) atoms. The summed E-state index contributed by atoms with van der Waals surface area (Å²) in [6.45, 7) is 10.8. The fourth-order valence-corrected chi connectivity index (χ4v) is 2.64. The van der Waals surface area contributed by atoms with E-state index in [2.05, 4.69) is 19.2 Å². The van der Waals surface area contributed by atoms with Crippen molar-refractivity contribution in [3.63, 3.8) is 0 Å². The molecule has 0 radical (unpaired) electrons. The molecule has 4 nitrogen and oxygen atoms in total. The van der Waals surface area contributed by atoms with Gasteiger partial charge in [-0.25, -0.2) is 4.79 Å². The normalized spacial score (nSPS) is 18.2. The SMILES string of the molecule is CC(C)CC1CNc2ccccc2N1C(=O)OC(C)(C)C. The van der Waals surface area contributed by atoms with Gasteiger partial charge in [-0.2, -0.15) is 0 Å². The lowest BCUT2D eigenvalue weighted by molar-refractivity contribution is 0.0562. The smallest absolute Gasteiger partial charge is 0.415 e. The highest BCUT2D eigenvalue weighted by Crippen LogP contribution is 2.34. The first-order valence-corrected chi connectivity index (χ1v) is 7.63.